The topological polar surface area (TPSA) is 50.4 Å². The molecule has 1 atom stereocenters. The molecule has 108 valence electrons. The smallest absolute Gasteiger partial charge is 0.261 e. The molecule has 0 spiro atoms. The van der Waals surface area contributed by atoms with Crippen molar-refractivity contribution < 1.29 is 9.53 Å². The van der Waals surface area contributed by atoms with Gasteiger partial charge in [-0.1, -0.05) is 25.0 Å². The molecule has 1 unspecified atom stereocenters. The average Bonchev–Trinajstić information content (AvgIpc) is 2.46. The molecule has 0 fully saturated rings. The van der Waals surface area contributed by atoms with Gasteiger partial charge < -0.3 is 15.4 Å². The van der Waals surface area contributed by atoms with Crippen molar-refractivity contribution in [1.82, 2.24) is 10.6 Å². The molecule has 1 rings (SSSR count). The normalized spacial score (nSPS) is 11.4. The van der Waals surface area contributed by atoms with Gasteiger partial charge in [-0.3, -0.25) is 4.79 Å². The van der Waals surface area contributed by atoms with E-state index < -0.39 is 6.10 Å². The number of carbonyl (C=O) groups is 1. The van der Waals surface area contributed by atoms with E-state index in [1.165, 1.54) is 5.56 Å². The minimum absolute atomic E-state index is 0.211. The van der Waals surface area contributed by atoms with Crippen LogP contribution in [0, 0.1) is 12.3 Å². The fourth-order valence-electron chi connectivity index (χ4n) is 1.63. The van der Waals surface area contributed by atoms with Crippen LogP contribution in [0.5, 0.6) is 5.75 Å². The Hall–Kier alpha value is -1.99. The fourth-order valence-corrected chi connectivity index (χ4v) is 1.63. The molecule has 2 N–H and O–H groups in total. The van der Waals surface area contributed by atoms with Gasteiger partial charge in [0, 0.05) is 6.54 Å². The Morgan fingerprint density at radius 1 is 1.40 bits per heavy atom. The van der Waals surface area contributed by atoms with Crippen LogP contribution in [0.15, 0.2) is 24.3 Å². The molecule has 0 aliphatic carbocycles. The zero-order chi connectivity index (χ0) is 14.8. The van der Waals surface area contributed by atoms with Gasteiger partial charge in [0.05, 0.1) is 6.54 Å². The largest absolute Gasteiger partial charge is 0.481 e. The molecule has 0 saturated heterocycles. The number of carbonyl (C=O) groups excluding carboxylic acids is 1. The van der Waals surface area contributed by atoms with Crippen LogP contribution in [0.4, 0.5) is 0 Å². The molecule has 1 amide bonds. The SMILES string of the molecule is C#CCNC(=O)C(C)Oc1ccc(CNCCC)cc1. The van der Waals surface area contributed by atoms with E-state index in [-0.39, 0.29) is 12.5 Å². The number of rotatable bonds is 8. The maximum absolute atomic E-state index is 11.6. The summed E-state index contributed by atoms with van der Waals surface area (Å²) >= 11 is 0. The summed E-state index contributed by atoms with van der Waals surface area (Å²) in [5, 5.41) is 5.92. The third-order valence-electron chi connectivity index (χ3n) is 2.73. The van der Waals surface area contributed by atoms with Crippen molar-refractivity contribution in [1.29, 1.82) is 0 Å². The maximum atomic E-state index is 11.6. The lowest BCUT2D eigenvalue weighted by atomic mass is 10.2. The first-order chi connectivity index (χ1) is 9.67. The van der Waals surface area contributed by atoms with Crippen molar-refractivity contribution in [3.05, 3.63) is 29.8 Å². The van der Waals surface area contributed by atoms with E-state index in [4.69, 9.17) is 11.2 Å². The monoisotopic (exact) mass is 274 g/mol. The zero-order valence-electron chi connectivity index (χ0n) is 12.1. The highest BCUT2D eigenvalue weighted by Gasteiger charge is 2.13. The number of hydrogen-bond donors (Lipinski definition) is 2. The molecule has 4 heteroatoms. The number of amides is 1. The van der Waals surface area contributed by atoms with E-state index in [1.54, 1.807) is 6.92 Å². The molecule has 1 aromatic rings. The maximum Gasteiger partial charge on any atom is 0.261 e. The van der Waals surface area contributed by atoms with Crippen LogP contribution in [0.2, 0.25) is 0 Å². The second-order valence-electron chi connectivity index (χ2n) is 4.50. The summed E-state index contributed by atoms with van der Waals surface area (Å²) in [4.78, 5) is 11.6. The van der Waals surface area contributed by atoms with Crippen molar-refractivity contribution >= 4 is 5.91 Å². The Bertz CT molecular complexity index is 449. The molecule has 0 heterocycles. The van der Waals surface area contributed by atoms with Gasteiger partial charge in [0.2, 0.25) is 0 Å². The average molecular weight is 274 g/mol. The summed E-state index contributed by atoms with van der Waals surface area (Å²) in [5.41, 5.74) is 1.19. The zero-order valence-corrected chi connectivity index (χ0v) is 12.1. The van der Waals surface area contributed by atoms with Gasteiger partial charge in [-0.2, -0.15) is 0 Å². The van der Waals surface area contributed by atoms with E-state index in [0.717, 1.165) is 19.5 Å². The Morgan fingerprint density at radius 3 is 2.70 bits per heavy atom. The second kappa shape index (κ2) is 9.00. The van der Waals surface area contributed by atoms with Crippen LogP contribution in [0.1, 0.15) is 25.8 Å². The summed E-state index contributed by atoms with van der Waals surface area (Å²) in [5.74, 6) is 2.82. The van der Waals surface area contributed by atoms with Crippen LogP contribution in [0.25, 0.3) is 0 Å². The van der Waals surface area contributed by atoms with Crippen molar-refractivity contribution in [3.8, 4) is 18.1 Å². The van der Waals surface area contributed by atoms with Crippen LogP contribution in [-0.4, -0.2) is 25.1 Å². The molecule has 0 aromatic heterocycles. The molecular weight excluding hydrogens is 252 g/mol. The number of ether oxygens (including phenoxy) is 1. The first-order valence-electron chi connectivity index (χ1n) is 6.84. The van der Waals surface area contributed by atoms with E-state index >= 15 is 0 Å². The predicted octanol–water partition coefficient (Wildman–Crippen LogP) is 1.70. The van der Waals surface area contributed by atoms with Crippen molar-refractivity contribution in [3.63, 3.8) is 0 Å². The molecule has 4 nitrogen and oxygen atoms in total. The molecule has 0 aliphatic rings. The van der Waals surface area contributed by atoms with E-state index in [2.05, 4.69) is 23.5 Å². The minimum Gasteiger partial charge on any atom is -0.481 e. The number of nitrogens with one attached hydrogen (secondary N) is 2. The van der Waals surface area contributed by atoms with E-state index in [0.29, 0.717) is 5.75 Å². The Morgan fingerprint density at radius 2 is 2.10 bits per heavy atom. The number of terminal acetylenes is 1. The number of hydrogen-bond acceptors (Lipinski definition) is 3. The Labute approximate surface area is 120 Å². The summed E-state index contributed by atoms with van der Waals surface area (Å²) in [6, 6.07) is 7.72. The molecule has 0 radical (unpaired) electrons. The van der Waals surface area contributed by atoms with Gasteiger partial charge in [-0.05, 0) is 37.6 Å². The van der Waals surface area contributed by atoms with Crippen molar-refractivity contribution in [2.24, 2.45) is 0 Å². The molecule has 0 saturated carbocycles. The standard InChI is InChI=1S/C16H22N2O2/c1-4-10-17-12-14-6-8-15(9-7-14)20-13(3)16(19)18-11-5-2/h2,6-9,13,17H,4,10-12H2,1,3H3,(H,18,19). The summed E-state index contributed by atoms with van der Waals surface area (Å²) in [6.07, 6.45) is 5.64. The lowest BCUT2D eigenvalue weighted by Gasteiger charge is -2.14. The third-order valence-corrected chi connectivity index (χ3v) is 2.73. The van der Waals surface area contributed by atoms with E-state index in [1.807, 2.05) is 24.3 Å². The van der Waals surface area contributed by atoms with Gasteiger partial charge in [-0.25, -0.2) is 0 Å². The summed E-state index contributed by atoms with van der Waals surface area (Å²) in [7, 11) is 0. The number of benzene rings is 1. The van der Waals surface area contributed by atoms with Gasteiger partial charge in [0.15, 0.2) is 6.10 Å². The van der Waals surface area contributed by atoms with Gasteiger partial charge in [0.25, 0.3) is 5.91 Å². The van der Waals surface area contributed by atoms with Crippen molar-refractivity contribution in [2.75, 3.05) is 13.1 Å². The van der Waals surface area contributed by atoms with Crippen LogP contribution in [-0.2, 0) is 11.3 Å². The second-order valence-corrected chi connectivity index (χ2v) is 4.50. The molecule has 20 heavy (non-hydrogen) atoms. The lowest BCUT2D eigenvalue weighted by Crippen LogP contribution is -2.36. The summed E-state index contributed by atoms with van der Waals surface area (Å²) in [6.45, 7) is 5.89. The van der Waals surface area contributed by atoms with Gasteiger partial charge in [0.1, 0.15) is 5.75 Å². The highest BCUT2D eigenvalue weighted by atomic mass is 16.5. The first-order valence-corrected chi connectivity index (χ1v) is 6.84. The highest BCUT2D eigenvalue weighted by Crippen LogP contribution is 2.14. The quantitative estimate of drug-likeness (QED) is 0.560. The molecular formula is C16H22N2O2. The van der Waals surface area contributed by atoms with Crippen LogP contribution >= 0.6 is 0 Å². The Balaban J connectivity index is 2.44. The lowest BCUT2D eigenvalue weighted by molar-refractivity contribution is -0.126. The molecule has 0 aliphatic heterocycles. The fraction of sp³-hybridized carbons (Fsp3) is 0.438. The van der Waals surface area contributed by atoms with Crippen LogP contribution < -0.4 is 15.4 Å². The van der Waals surface area contributed by atoms with Crippen molar-refractivity contribution in [2.45, 2.75) is 32.9 Å². The minimum atomic E-state index is -0.563. The van der Waals surface area contributed by atoms with E-state index in [9.17, 15) is 4.79 Å². The predicted molar refractivity (Wildman–Crippen MR) is 80.4 cm³/mol. The highest BCUT2D eigenvalue weighted by molar-refractivity contribution is 5.80. The third kappa shape index (κ3) is 5.77. The van der Waals surface area contributed by atoms with Gasteiger partial charge >= 0.3 is 0 Å². The molecule has 0 bridgehead atoms. The van der Waals surface area contributed by atoms with Gasteiger partial charge in [-0.15, -0.1) is 6.42 Å². The summed E-state index contributed by atoms with van der Waals surface area (Å²) < 4.78 is 5.55. The molecule has 1 aromatic carbocycles. The Kier molecular flexibility index (Phi) is 7.23. The van der Waals surface area contributed by atoms with Crippen LogP contribution in [0.3, 0.4) is 0 Å². The first kappa shape index (κ1) is 16.1.